The predicted octanol–water partition coefficient (Wildman–Crippen LogP) is 2.69. The van der Waals surface area contributed by atoms with Crippen molar-refractivity contribution < 1.29 is 0 Å². The average molecular weight is 207 g/mol. The molecular formula is C12H21N3. The third-order valence-corrected chi connectivity index (χ3v) is 2.92. The van der Waals surface area contributed by atoms with Crippen LogP contribution in [-0.2, 0) is 0 Å². The molecule has 0 saturated heterocycles. The molecule has 84 valence electrons. The molecule has 1 unspecified atom stereocenters. The topological polar surface area (TPSA) is 29.0 Å². The maximum Gasteiger partial charge on any atom is 0.154 e. The Hall–Kier alpha value is -1.12. The summed E-state index contributed by atoms with van der Waals surface area (Å²) in [5.74, 6) is 1.44. The van der Waals surface area contributed by atoms with Gasteiger partial charge in [-0.3, -0.25) is 0 Å². The molecule has 3 heteroatoms. The molecule has 1 atom stereocenters. The van der Waals surface area contributed by atoms with Crippen LogP contribution in [0.3, 0.4) is 0 Å². The van der Waals surface area contributed by atoms with Crippen molar-refractivity contribution in [2.24, 2.45) is 5.41 Å². The summed E-state index contributed by atoms with van der Waals surface area (Å²) in [6.45, 7) is 8.98. The van der Waals surface area contributed by atoms with E-state index < -0.39 is 0 Å². The zero-order valence-electron chi connectivity index (χ0n) is 10.6. The molecule has 0 aliphatic carbocycles. The lowest BCUT2D eigenvalue weighted by atomic mass is 9.78. The fourth-order valence-electron chi connectivity index (χ4n) is 1.49. The van der Waals surface area contributed by atoms with Crippen molar-refractivity contribution >= 4 is 5.82 Å². The number of nitrogens with zero attached hydrogens (tertiary/aromatic N) is 3. The van der Waals surface area contributed by atoms with E-state index in [1.54, 1.807) is 6.20 Å². The second-order valence-electron chi connectivity index (χ2n) is 5.29. The van der Waals surface area contributed by atoms with Crippen LogP contribution >= 0.6 is 0 Å². The Morgan fingerprint density at radius 3 is 2.33 bits per heavy atom. The Bertz CT molecular complexity index is 326. The maximum absolute atomic E-state index is 4.19. The summed E-state index contributed by atoms with van der Waals surface area (Å²) in [6, 6.07) is 2.07. The van der Waals surface area contributed by atoms with Crippen LogP contribution in [-0.4, -0.2) is 24.3 Å². The largest absolute Gasteiger partial charge is 0.361 e. The highest BCUT2D eigenvalue weighted by molar-refractivity contribution is 5.46. The summed E-state index contributed by atoms with van der Waals surface area (Å²) < 4.78 is 0. The minimum atomic E-state index is 0.244. The number of anilines is 1. The lowest BCUT2D eigenvalue weighted by molar-refractivity contribution is 0.339. The van der Waals surface area contributed by atoms with Gasteiger partial charge in [0.05, 0.1) is 6.20 Å². The summed E-state index contributed by atoms with van der Waals surface area (Å²) in [5, 5.41) is 8.13. The van der Waals surface area contributed by atoms with Crippen molar-refractivity contribution in [2.45, 2.75) is 33.6 Å². The van der Waals surface area contributed by atoms with Crippen LogP contribution < -0.4 is 4.90 Å². The van der Waals surface area contributed by atoms with Gasteiger partial charge in [-0.2, -0.15) is 5.10 Å². The lowest BCUT2D eigenvalue weighted by Crippen LogP contribution is -2.21. The van der Waals surface area contributed by atoms with Crippen LogP contribution in [0.5, 0.6) is 0 Å². The zero-order valence-corrected chi connectivity index (χ0v) is 10.6. The van der Waals surface area contributed by atoms with Crippen molar-refractivity contribution in [1.29, 1.82) is 0 Å². The van der Waals surface area contributed by atoms with Gasteiger partial charge in [-0.25, -0.2) is 0 Å². The molecule has 0 bridgehead atoms. The molecule has 0 N–H and O–H groups in total. The molecule has 0 amide bonds. The molecule has 0 saturated carbocycles. The van der Waals surface area contributed by atoms with Gasteiger partial charge in [0, 0.05) is 19.7 Å². The Balaban J connectivity index is 3.14. The first kappa shape index (κ1) is 12.0. The van der Waals surface area contributed by atoms with E-state index in [4.69, 9.17) is 0 Å². The quantitative estimate of drug-likeness (QED) is 0.746. The van der Waals surface area contributed by atoms with Crippen molar-refractivity contribution in [1.82, 2.24) is 10.2 Å². The summed E-state index contributed by atoms with van der Waals surface area (Å²) in [5.41, 5.74) is 1.51. The molecule has 0 aliphatic heterocycles. The number of hydrogen-bond acceptors (Lipinski definition) is 3. The van der Waals surface area contributed by atoms with E-state index in [2.05, 4.69) is 44.0 Å². The zero-order chi connectivity index (χ0) is 11.6. The summed E-state index contributed by atoms with van der Waals surface area (Å²) in [7, 11) is 4.01. The van der Waals surface area contributed by atoms with Crippen LogP contribution in [0.25, 0.3) is 0 Å². The Kier molecular flexibility index (Phi) is 3.32. The SMILES string of the molecule is CC(c1ccnnc1N(C)C)C(C)(C)C. The summed E-state index contributed by atoms with van der Waals surface area (Å²) in [4.78, 5) is 2.02. The number of hydrogen-bond donors (Lipinski definition) is 0. The monoisotopic (exact) mass is 207 g/mol. The highest BCUT2D eigenvalue weighted by atomic mass is 15.2. The molecule has 1 aromatic rings. The lowest BCUT2D eigenvalue weighted by Gasteiger charge is -2.29. The normalized spacial score (nSPS) is 13.7. The van der Waals surface area contributed by atoms with Gasteiger partial charge in [-0.15, -0.1) is 5.10 Å². The van der Waals surface area contributed by atoms with E-state index in [-0.39, 0.29) is 5.41 Å². The average Bonchev–Trinajstić information content (AvgIpc) is 2.15. The second-order valence-corrected chi connectivity index (χ2v) is 5.29. The van der Waals surface area contributed by atoms with E-state index in [0.717, 1.165) is 5.82 Å². The fourth-order valence-corrected chi connectivity index (χ4v) is 1.49. The molecule has 0 spiro atoms. The molecule has 3 nitrogen and oxygen atoms in total. The molecule has 0 aromatic carbocycles. The molecular weight excluding hydrogens is 186 g/mol. The van der Waals surface area contributed by atoms with Gasteiger partial charge < -0.3 is 4.90 Å². The van der Waals surface area contributed by atoms with Gasteiger partial charge in [0.15, 0.2) is 5.82 Å². The summed E-state index contributed by atoms with van der Waals surface area (Å²) in [6.07, 6.45) is 1.77. The van der Waals surface area contributed by atoms with Crippen molar-refractivity contribution in [2.75, 3.05) is 19.0 Å². The van der Waals surface area contributed by atoms with Crippen LogP contribution in [0.1, 0.15) is 39.2 Å². The second kappa shape index (κ2) is 4.17. The van der Waals surface area contributed by atoms with Gasteiger partial charge in [0.25, 0.3) is 0 Å². The van der Waals surface area contributed by atoms with E-state index >= 15 is 0 Å². The van der Waals surface area contributed by atoms with E-state index in [9.17, 15) is 0 Å². The minimum Gasteiger partial charge on any atom is -0.361 e. The van der Waals surface area contributed by atoms with Gasteiger partial charge in [-0.1, -0.05) is 27.7 Å². The Morgan fingerprint density at radius 1 is 1.27 bits per heavy atom. The number of rotatable bonds is 2. The van der Waals surface area contributed by atoms with Crippen LogP contribution in [0, 0.1) is 5.41 Å². The third-order valence-electron chi connectivity index (χ3n) is 2.92. The third kappa shape index (κ3) is 2.67. The first-order valence-corrected chi connectivity index (χ1v) is 5.33. The molecule has 0 fully saturated rings. The van der Waals surface area contributed by atoms with Crippen LogP contribution in [0.15, 0.2) is 12.3 Å². The van der Waals surface area contributed by atoms with Crippen molar-refractivity contribution in [3.8, 4) is 0 Å². The van der Waals surface area contributed by atoms with Crippen molar-refractivity contribution in [3.63, 3.8) is 0 Å². The summed E-state index contributed by atoms with van der Waals surface area (Å²) >= 11 is 0. The molecule has 1 heterocycles. The molecule has 1 rings (SSSR count). The van der Waals surface area contributed by atoms with Crippen LogP contribution in [0.4, 0.5) is 5.82 Å². The van der Waals surface area contributed by atoms with Gasteiger partial charge in [0.1, 0.15) is 0 Å². The number of aromatic nitrogens is 2. The smallest absolute Gasteiger partial charge is 0.154 e. The standard InChI is InChI=1S/C12H21N3/c1-9(12(2,3)4)10-7-8-13-14-11(10)15(5)6/h7-9H,1-6H3. The van der Waals surface area contributed by atoms with E-state index in [0.29, 0.717) is 5.92 Å². The molecule has 0 aliphatic rings. The minimum absolute atomic E-state index is 0.244. The molecule has 15 heavy (non-hydrogen) atoms. The highest BCUT2D eigenvalue weighted by Gasteiger charge is 2.25. The maximum atomic E-state index is 4.19. The first-order valence-electron chi connectivity index (χ1n) is 5.33. The first-order chi connectivity index (χ1) is 6.84. The van der Waals surface area contributed by atoms with E-state index in [1.165, 1.54) is 5.56 Å². The fraction of sp³-hybridized carbons (Fsp3) is 0.667. The Morgan fingerprint density at radius 2 is 1.87 bits per heavy atom. The van der Waals surface area contributed by atoms with Crippen LogP contribution in [0.2, 0.25) is 0 Å². The van der Waals surface area contributed by atoms with E-state index in [1.807, 2.05) is 19.0 Å². The van der Waals surface area contributed by atoms with Crippen molar-refractivity contribution in [3.05, 3.63) is 17.8 Å². The van der Waals surface area contributed by atoms with Gasteiger partial charge in [-0.05, 0) is 17.4 Å². The Labute approximate surface area is 92.5 Å². The predicted molar refractivity (Wildman–Crippen MR) is 64.2 cm³/mol. The molecule has 0 radical (unpaired) electrons. The highest BCUT2D eigenvalue weighted by Crippen LogP contribution is 2.37. The van der Waals surface area contributed by atoms with Gasteiger partial charge >= 0.3 is 0 Å². The van der Waals surface area contributed by atoms with Gasteiger partial charge in [0.2, 0.25) is 0 Å². The molecule has 1 aromatic heterocycles.